The molecule has 2 aliphatic rings. The molecular formula is C20H30N2O2. The molecule has 132 valence electrons. The Labute approximate surface area is 145 Å². The molecule has 3 rings (SSSR count). The van der Waals surface area contributed by atoms with Gasteiger partial charge in [0.25, 0.3) is 0 Å². The van der Waals surface area contributed by atoms with Crippen LogP contribution in [0.5, 0.6) is 0 Å². The van der Waals surface area contributed by atoms with Crippen molar-refractivity contribution in [2.24, 2.45) is 11.3 Å². The van der Waals surface area contributed by atoms with E-state index in [1.54, 1.807) is 0 Å². The number of aryl methyl sites for hydroxylation is 1. The molecule has 2 fully saturated rings. The minimum atomic E-state index is -0.330. The molecule has 2 atom stereocenters. The number of β-amino-alcohol motifs (C(OH)–C–C–N with tert-alkyl or cyclic N) is 1. The number of aliphatic hydroxyl groups is 1. The van der Waals surface area contributed by atoms with Crippen LogP contribution in [0.3, 0.4) is 0 Å². The van der Waals surface area contributed by atoms with Crippen LogP contribution in [0, 0.1) is 11.3 Å². The smallest absolute Gasteiger partial charge is 0.220 e. The molecule has 1 aromatic rings. The van der Waals surface area contributed by atoms with E-state index in [-0.39, 0.29) is 23.3 Å². The van der Waals surface area contributed by atoms with E-state index in [4.69, 9.17) is 0 Å². The van der Waals surface area contributed by atoms with Crippen molar-refractivity contribution in [2.75, 3.05) is 19.6 Å². The predicted molar refractivity (Wildman–Crippen MR) is 95.7 cm³/mol. The fourth-order valence-electron chi connectivity index (χ4n) is 4.27. The third-order valence-electron chi connectivity index (χ3n) is 5.85. The summed E-state index contributed by atoms with van der Waals surface area (Å²) in [5, 5.41) is 16.1. The van der Waals surface area contributed by atoms with Crippen LogP contribution in [0.15, 0.2) is 30.3 Å². The van der Waals surface area contributed by atoms with E-state index >= 15 is 0 Å². The number of aliphatic hydroxyl groups excluding tert-OH is 1. The van der Waals surface area contributed by atoms with Crippen molar-refractivity contribution in [1.82, 2.24) is 10.6 Å². The predicted octanol–water partition coefficient (Wildman–Crippen LogP) is 2.27. The number of benzene rings is 1. The molecule has 24 heavy (non-hydrogen) atoms. The van der Waals surface area contributed by atoms with Gasteiger partial charge in [0.2, 0.25) is 5.91 Å². The van der Waals surface area contributed by atoms with Gasteiger partial charge in [-0.2, -0.15) is 0 Å². The van der Waals surface area contributed by atoms with Crippen LogP contribution < -0.4 is 10.6 Å². The van der Waals surface area contributed by atoms with Crippen LogP contribution in [0.25, 0.3) is 0 Å². The van der Waals surface area contributed by atoms with Crippen molar-refractivity contribution in [2.45, 2.75) is 51.0 Å². The normalized spacial score (nSPS) is 25.7. The number of carbonyl (C=O) groups is 1. The first-order valence-corrected chi connectivity index (χ1v) is 9.36. The molecular weight excluding hydrogens is 300 g/mol. The largest absolute Gasteiger partial charge is 0.391 e. The average Bonchev–Trinajstić information content (AvgIpc) is 3.22. The summed E-state index contributed by atoms with van der Waals surface area (Å²) in [5.41, 5.74) is 1.54. The summed E-state index contributed by atoms with van der Waals surface area (Å²) in [4.78, 5) is 12.5. The first-order chi connectivity index (χ1) is 11.7. The maximum absolute atomic E-state index is 12.5. The van der Waals surface area contributed by atoms with E-state index < -0.39 is 0 Å². The molecule has 0 radical (unpaired) electrons. The van der Waals surface area contributed by atoms with Crippen molar-refractivity contribution in [3.8, 4) is 0 Å². The number of nitrogens with one attached hydrogen (secondary N) is 2. The van der Waals surface area contributed by atoms with Gasteiger partial charge in [0.15, 0.2) is 0 Å². The molecule has 0 spiro atoms. The summed E-state index contributed by atoms with van der Waals surface area (Å²) in [5.74, 6) is 0.307. The lowest BCUT2D eigenvalue weighted by atomic mass is 9.77. The average molecular weight is 330 g/mol. The first kappa shape index (κ1) is 17.4. The van der Waals surface area contributed by atoms with Crippen LogP contribution >= 0.6 is 0 Å². The Bertz CT molecular complexity index is 526. The Morgan fingerprint density at radius 2 is 1.96 bits per heavy atom. The first-order valence-electron chi connectivity index (χ1n) is 9.36. The Balaban J connectivity index is 1.50. The number of amides is 1. The summed E-state index contributed by atoms with van der Waals surface area (Å²) in [6, 6.07) is 10.6. The molecule has 2 unspecified atom stereocenters. The van der Waals surface area contributed by atoms with Gasteiger partial charge in [-0.25, -0.2) is 0 Å². The van der Waals surface area contributed by atoms with Gasteiger partial charge < -0.3 is 15.7 Å². The molecule has 4 nitrogen and oxygen atoms in total. The lowest BCUT2D eigenvalue weighted by Gasteiger charge is -2.29. The van der Waals surface area contributed by atoms with Crippen LogP contribution in [0.1, 0.15) is 44.1 Å². The highest BCUT2D eigenvalue weighted by Crippen LogP contribution is 2.44. The second kappa shape index (κ2) is 8.13. The highest BCUT2D eigenvalue weighted by Gasteiger charge is 2.35. The zero-order chi connectivity index (χ0) is 16.8. The summed E-state index contributed by atoms with van der Waals surface area (Å²) in [6.45, 7) is 2.02. The fourth-order valence-corrected chi connectivity index (χ4v) is 4.27. The van der Waals surface area contributed by atoms with E-state index in [0.29, 0.717) is 19.5 Å². The van der Waals surface area contributed by atoms with Gasteiger partial charge in [0, 0.05) is 32.0 Å². The lowest BCUT2D eigenvalue weighted by Crippen LogP contribution is -2.37. The lowest BCUT2D eigenvalue weighted by molar-refractivity contribution is -0.123. The molecule has 3 N–H and O–H groups in total. The molecule has 0 aromatic heterocycles. The topological polar surface area (TPSA) is 61.4 Å². The minimum Gasteiger partial charge on any atom is -0.391 e. The van der Waals surface area contributed by atoms with E-state index in [1.165, 1.54) is 31.2 Å². The standard InChI is InChI=1S/C20H30N2O2/c23-18-15-21-13-17(18)14-22-19(24)12-20(9-4-5-10-20)11-8-16-6-2-1-3-7-16/h1-3,6-7,17-18,21,23H,4-5,8-15H2,(H,22,24). The van der Waals surface area contributed by atoms with E-state index in [1.807, 2.05) is 0 Å². The molecule has 1 aliphatic carbocycles. The molecule has 1 amide bonds. The highest BCUT2D eigenvalue weighted by atomic mass is 16.3. The van der Waals surface area contributed by atoms with Crippen LogP contribution in [-0.4, -0.2) is 36.8 Å². The third-order valence-corrected chi connectivity index (χ3v) is 5.85. The second-order valence-corrected chi connectivity index (χ2v) is 7.66. The molecule has 1 saturated heterocycles. The Kier molecular flexibility index (Phi) is 5.90. The van der Waals surface area contributed by atoms with E-state index in [2.05, 4.69) is 41.0 Å². The number of carbonyl (C=O) groups excluding carboxylic acids is 1. The monoisotopic (exact) mass is 330 g/mol. The Hall–Kier alpha value is -1.39. The van der Waals surface area contributed by atoms with E-state index in [9.17, 15) is 9.90 Å². The summed E-state index contributed by atoms with van der Waals surface area (Å²) < 4.78 is 0. The fraction of sp³-hybridized carbons (Fsp3) is 0.650. The summed E-state index contributed by atoms with van der Waals surface area (Å²) >= 11 is 0. The zero-order valence-corrected chi connectivity index (χ0v) is 14.5. The van der Waals surface area contributed by atoms with Crippen molar-refractivity contribution in [3.05, 3.63) is 35.9 Å². The maximum atomic E-state index is 12.5. The van der Waals surface area contributed by atoms with Gasteiger partial charge in [-0.3, -0.25) is 4.79 Å². The minimum absolute atomic E-state index is 0.151. The van der Waals surface area contributed by atoms with Gasteiger partial charge in [-0.15, -0.1) is 0 Å². The molecule has 1 aromatic carbocycles. The Morgan fingerprint density at radius 3 is 2.62 bits per heavy atom. The highest BCUT2D eigenvalue weighted by molar-refractivity contribution is 5.76. The zero-order valence-electron chi connectivity index (χ0n) is 14.5. The van der Waals surface area contributed by atoms with Crippen molar-refractivity contribution >= 4 is 5.91 Å². The maximum Gasteiger partial charge on any atom is 0.220 e. The van der Waals surface area contributed by atoms with Crippen LogP contribution in [0.2, 0.25) is 0 Å². The van der Waals surface area contributed by atoms with Gasteiger partial charge in [-0.05, 0) is 36.7 Å². The van der Waals surface area contributed by atoms with Gasteiger partial charge in [-0.1, -0.05) is 43.2 Å². The summed E-state index contributed by atoms with van der Waals surface area (Å²) in [6.07, 6.45) is 7.28. The molecule has 1 heterocycles. The molecule has 4 heteroatoms. The number of hydrogen-bond donors (Lipinski definition) is 3. The molecule has 0 bridgehead atoms. The van der Waals surface area contributed by atoms with Crippen molar-refractivity contribution in [3.63, 3.8) is 0 Å². The Morgan fingerprint density at radius 1 is 1.21 bits per heavy atom. The quantitative estimate of drug-likeness (QED) is 0.719. The second-order valence-electron chi connectivity index (χ2n) is 7.66. The molecule has 1 aliphatic heterocycles. The number of rotatable bonds is 7. The van der Waals surface area contributed by atoms with Gasteiger partial charge in [0.05, 0.1) is 6.10 Å². The third kappa shape index (κ3) is 4.58. The number of hydrogen-bond acceptors (Lipinski definition) is 3. The molecule has 1 saturated carbocycles. The van der Waals surface area contributed by atoms with E-state index in [0.717, 1.165) is 19.4 Å². The van der Waals surface area contributed by atoms with Crippen molar-refractivity contribution < 1.29 is 9.90 Å². The van der Waals surface area contributed by atoms with Gasteiger partial charge in [0.1, 0.15) is 0 Å². The van der Waals surface area contributed by atoms with Crippen LogP contribution in [-0.2, 0) is 11.2 Å². The van der Waals surface area contributed by atoms with Crippen molar-refractivity contribution in [1.29, 1.82) is 0 Å². The SMILES string of the molecule is O=C(CC1(CCc2ccccc2)CCCC1)NCC1CNCC1O. The van der Waals surface area contributed by atoms with Crippen LogP contribution in [0.4, 0.5) is 0 Å². The van der Waals surface area contributed by atoms with Gasteiger partial charge >= 0.3 is 0 Å². The summed E-state index contributed by atoms with van der Waals surface area (Å²) in [7, 11) is 0.